The summed E-state index contributed by atoms with van der Waals surface area (Å²) in [7, 11) is 2.16. The molecule has 0 saturated heterocycles. The number of benzene rings is 1. The smallest absolute Gasteiger partial charge is 0.115 e. The van der Waals surface area contributed by atoms with Crippen molar-refractivity contribution >= 4 is 0 Å². The van der Waals surface area contributed by atoms with Crippen molar-refractivity contribution in [3.8, 4) is 5.75 Å². The third-order valence-corrected chi connectivity index (χ3v) is 3.39. The van der Waals surface area contributed by atoms with Crippen LogP contribution in [0.15, 0.2) is 24.3 Å². The van der Waals surface area contributed by atoms with Crippen LogP contribution in [-0.4, -0.2) is 36.2 Å². The summed E-state index contributed by atoms with van der Waals surface area (Å²) in [6.07, 6.45) is 1.14. The first-order valence-corrected chi connectivity index (χ1v) is 6.73. The Morgan fingerprint density at radius 3 is 2.61 bits per heavy atom. The molecule has 0 radical (unpaired) electrons. The molecule has 2 N–H and O–H groups in total. The number of aromatic hydroxyl groups is 1. The van der Waals surface area contributed by atoms with Gasteiger partial charge in [-0.2, -0.15) is 0 Å². The fourth-order valence-corrected chi connectivity index (χ4v) is 1.82. The standard InChI is InChI=1S/C15H26N2O/c1-12(2)17(4)10-6-9-16-13(3)14-7-5-8-15(18)11-14/h5,7-8,11-13,16,18H,6,9-10H2,1-4H3. The monoisotopic (exact) mass is 250 g/mol. The van der Waals surface area contributed by atoms with Crippen molar-refractivity contribution in [1.29, 1.82) is 0 Å². The molecule has 0 amide bonds. The van der Waals surface area contributed by atoms with E-state index in [-0.39, 0.29) is 6.04 Å². The highest BCUT2D eigenvalue weighted by Gasteiger charge is 2.06. The van der Waals surface area contributed by atoms with Crippen LogP contribution in [0.25, 0.3) is 0 Å². The maximum atomic E-state index is 9.43. The maximum absolute atomic E-state index is 9.43. The van der Waals surface area contributed by atoms with E-state index in [4.69, 9.17) is 0 Å². The Labute approximate surface area is 111 Å². The Hall–Kier alpha value is -1.06. The van der Waals surface area contributed by atoms with E-state index in [0.29, 0.717) is 11.8 Å². The van der Waals surface area contributed by atoms with Gasteiger partial charge in [-0.1, -0.05) is 12.1 Å². The molecular formula is C15H26N2O. The van der Waals surface area contributed by atoms with Gasteiger partial charge in [0.05, 0.1) is 0 Å². The first-order chi connectivity index (χ1) is 8.50. The van der Waals surface area contributed by atoms with Gasteiger partial charge in [-0.3, -0.25) is 0 Å². The van der Waals surface area contributed by atoms with Gasteiger partial charge >= 0.3 is 0 Å². The minimum Gasteiger partial charge on any atom is -0.508 e. The van der Waals surface area contributed by atoms with Crippen LogP contribution in [0.5, 0.6) is 5.75 Å². The Morgan fingerprint density at radius 2 is 2.00 bits per heavy atom. The van der Waals surface area contributed by atoms with E-state index in [2.05, 4.69) is 38.0 Å². The van der Waals surface area contributed by atoms with E-state index in [1.54, 1.807) is 6.07 Å². The van der Waals surface area contributed by atoms with Gasteiger partial charge in [0.2, 0.25) is 0 Å². The second kappa shape index (κ2) is 7.39. The van der Waals surface area contributed by atoms with Gasteiger partial charge in [0.15, 0.2) is 0 Å². The van der Waals surface area contributed by atoms with Crippen LogP contribution >= 0.6 is 0 Å². The summed E-state index contributed by atoms with van der Waals surface area (Å²) in [5.74, 6) is 0.334. The molecule has 3 heteroatoms. The van der Waals surface area contributed by atoms with E-state index in [9.17, 15) is 5.11 Å². The van der Waals surface area contributed by atoms with E-state index in [0.717, 1.165) is 25.1 Å². The largest absolute Gasteiger partial charge is 0.508 e. The summed E-state index contributed by atoms with van der Waals surface area (Å²) in [5, 5.41) is 12.9. The van der Waals surface area contributed by atoms with Crippen molar-refractivity contribution in [3.63, 3.8) is 0 Å². The van der Waals surface area contributed by atoms with Crippen LogP contribution in [0.1, 0.15) is 38.8 Å². The minimum absolute atomic E-state index is 0.279. The third-order valence-electron chi connectivity index (χ3n) is 3.39. The Morgan fingerprint density at radius 1 is 1.28 bits per heavy atom. The number of phenols is 1. The van der Waals surface area contributed by atoms with Crippen LogP contribution in [0.4, 0.5) is 0 Å². The lowest BCUT2D eigenvalue weighted by Crippen LogP contribution is -2.30. The van der Waals surface area contributed by atoms with Crippen LogP contribution in [-0.2, 0) is 0 Å². The quantitative estimate of drug-likeness (QED) is 0.730. The highest BCUT2D eigenvalue weighted by atomic mass is 16.3. The molecule has 102 valence electrons. The van der Waals surface area contributed by atoms with Gasteiger partial charge in [-0.25, -0.2) is 0 Å². The van der Waals surface area contributed by atoms with Crippen molar-refractivity contribution in [2.75, 3.05) is 20.1 Å². The van der Waals surface area contributed by atoms with Crippen molar-refractivity contribution in [2.24, 2.45) is 0 Å². The van der Waals surface area contributed by atoms with Crippen LogP contribution in [0, 0.1) is 0 Å². The molecule has 0 spiro atoms. The lowest BCUT2D eigenvalue weighted by molar-refractivity contribution is 0.268. The summed E-state index contributed by atoms with van der Waals surface area (Å²) in [6, 6.07) is 8.33. The molecule has 0 aromatic heterocycles. The zero-order valence-electron chi connectivity index (χ0n) is 12.0. The first kappa shape index (κ1) is 15.0. The zero-order valence-corrected chi connectivity index (χ0v) is 12.0. The highest BCUT2D eigenvalue weighted by molar-refractivity contribution is 5.28. The fourth-order valence-electron chi connectivity index (χ4n) is 1.82. The van der Waals surface area contributed by atoms with Crippen molar-refractivity contribution < 1.29 is 5.11 Å². The number of nitrogens with one attached hydrogen (secondary N) is 1. The van der Waals surface area contributed by atoms with Crippen LogP contribution < -0.4 is 5.32 Å². The number of hydrogen-bond donors (Lipinski definition) is 2. The van der Waals surface area contributed by atoms with Gasteiger partial charge in [-0.05, 0) is 65.0 Å². The highest BCUT2D eigenvalue weighted by Crippen LogP contribution is 2.17. The summed E-state index contributed by atoms with van der Waals surface area (Å²) >= 11 is 0. The predicted molar refractivity (Wildman–Crippen MR) is 76.9 cm³/mol. The fraction of sp³-hybridized carbons (Fsp3) is 0.600. The summed E-state index contributed by atoms with van der Waals surface area (Å²) in [5.41, 5.74) is 1.13. The number of nitrogens with zero attached hydrogens (tertiary/aromatic N) is 1. The second-order valence-corrected chi connectivity index (χ2v) is 5.20. The van der Waals surface area contributed by atoms with E-state index < -0.39 is 0 Å². The van der Waals surface area contributed by atoms with Gasteiger partial charge in [0.1, 0.15) is 5.75 Å². The molecule has 0 saturated carbocycles. The van der Waals surface area contributed by atoms with E-state index >= 15 is 0 Å². The minimum atomic E-state index is 0.279. The van der Waals surface area contributed by atoms with Crippen molar-refractivity contribution in [3.05, 3.63) is 29.8 Å². The molecule has 1 rings (SSSR count). The molecule has 0 aliphatic carbocycles. The lowest BCUT2D eigenvalue weighted by Gasteiger charge is -2.21. The zero-order chi connectivity index (χ0) is 13.5. The molecule has 3 nitrogen and oxygen atoms in total. The summed E-state index contributed by atoms with van der Waals surface area (Å²) in [6.45, 7) is 8.65. The Kier molecular flexibility index (Phi) is 6.16. The third kappa shape index (κ3) is 5.07. The number of phenolic OH excluding ortho intramolecular Hbond substituents is 1. The predicted octanol–water partition coefficient (Wildman–Crippen LogP) is 2.77. The van der Waals surface area contributed by atoms with Gasteiger partial charge in [0, 0.05) is 12.1 Å². The molecule has 0 heterocycles. The lowest BCUT2D eigenvalue weighted by atomic mass is 10.1. The molecule has 1 aromatic carbocycles. The molecule has 0 aliphatic heterocycles. The van der Waals surface area contributed by atoms with Crippen molar-refractivity contribution in [1.82, 2.24) is 10.2 Å². The molecule has 1 unspecified atom stereocenters. The average molecular weight is 250 g/mol. The van der Waals surface area contributed by atoms with Crippen LogP contribution in [0.2, 0.25) is 0 Å². The maximum Gasteiger partial charge on any atom is 0.115 e. The average Bonchev–Trinajstić information content (AvgIpc) is 2.33. The second-order valence-electron chi connectivity index (χ2n) is 5.20. The SMILES string of the molecule is CC(NCCCN(C)C(C)C)c1cccc(O)c1. The van der Waals surface area contributed by atoms with Crippen molar-refractivity contribution in [2.45, 2.75) is 39.3 Å². The molecule has 0 fully saturated rings. The molecule has 1 atom stereocenters. The topological polar surface area (TPSA) is 35.5 Å². The molecular weight excluding hydrogens is 224 g/mol. The normalized spacial score (nSPS) is 13.2. The van der Waals surface area contributed by atoms with Gasteiger partial charge in [0.25, 0.3) is 0 Å². The number of hydrogen-bond acceptors (Lipinski definition) is 3. The van der Waals surface area contributed by atoms with Gasteiger partial charge in [-0.15, -0.1) is 0 Å². The Balaban J connectivity index is 2.27. The van der Waals surface area contributed by atoms with Crippen LogP contribution in [0.3, 0.4) is 0 Å². The van der Waals surface area contributed by atoms with E-state index in [1.165, 1.54) is 0 Å². The van der Waals surface area contributed by atoms with Gasteiger partial charge < -0.3 is 15.3 Å². The van der Waals surface area contributed by atoms with E-state index in [1.807, 2.05) is 18.2 Å². The molecule has 1 aromatic rings. The Bertz CT molecular complexity index is 352. The summed E-state index contributed by atoms with van der Waals surface area (Å²) in [4.78, 5) is 2.35. The summed E-state index contributed by atoms with van der Waals surface area (Å²) < 4.78 is 0. The molecule has 0 bridgehead atoms. The molecule has 0 aliphatic rings. The first-order valence-electron chi connectivity index (χ1n) is 6.73. The molecule has 18 heavy (non-hydrogen) atoms. The number of rotatable bonds is 7.